The number of nitrogens with zero attached hydrogens (tertiary/aromatic N) is 1. The molecular formula is C15H22F2N2. The number of nitrogens with one attached hydrogen (secondary N) is 1. The standard InChI is InChI=1S/C15H22F2N2/c1-3-15(16,17)13-6-4-12(5-7-13)10-14-11-18-8-9-19(14)2/h4-7,14,18H,3,8-11H2,1-2H3. The second-order valence-corrected chi connectivity index (χ2v) is 5.30. The third-order valence-corrected chi connectivity index (χ3v) is 3.94. The second-order valence-electron chi connectivity index (χ2n) is 5.30. The number of piperazine rings is 1. The van der Waals surface area contributed by atoms with Gasteiger partial charge in [0.2, 0.25) is 0 Å². The number of likely N-dealkylation sites (N-methyl/N-ethyl adjacent to an activating group) is 1. The highest BCUT2D eigenvalue weighted by Gasteiger charge is 2.28. The van der Waals surface area contributed by atoms with E-state index in [1.807, 2.05) is 12.1 Å². The van der Waals surface area contributed by atoms with E-state index >= 15 is 0 Å². The van der Waals surface area contributed by atoms with Crippen LogP contribution in [0.25, 0.3) is 0 Å². The summed E-state index contributed by atoms with van der Waals surface area (Å²) in [7, 11) is 2.12. The van der Waals surface area contributed by atoms with Gasteiger partial charge in [0.1, 0.15) is 0 Å². The predicted octanol–water partition coefficient (Wildman–Crippen LogP) is 2.63. The number of alkyl halides is 2. The minimum atomic E-state index is -2.71. The Hall–Kier alpha value is -1.00. The van der Waals surface area contributed by atoms with Gasteiger partial charge < -0.3 is 10.2 Å². The zero-order valence-corrected chi connectivity index (χ0v) is 11.6. The lowest BCUT2D eigenvalue weighted by Gasteiger charge is -2.33. The molecule has 2 nitrogen and oxygen atoms in total. The van der Waals surface area contributed by atoms with E-state index in [4.69, 9.17) is 0 Å². The SMILES string of the molecule is CCC(F)(F)c1ccc(CC2CNCCN2C)cc1. The van der Waals surface area contributed by atoms with Crippen LogP contribution in [0.5, 0.6) is 0 Å². The normalized spacial score (nSPS) is 21.6. The van der Waals surface area contributed by atoms with Gasteiger partial charge in [-0.3, -0.25) is 0 Å². The van der Waals surface area contributed by atoms with Crippen LogP contribution in [0.3, 0.4) is 0 Å². The average Bonchev–Trinajstić information content (AvgIpc) is 2.42. The van der Waals surface area contributed by atoms with Gasteiger partial charge in [-0.2, -0.15) is 0 Å². The lowest BCUT2D eigenvalue weighted by molar-refractivity contribution is -0.00829. The Morgan fingerprint density at radius 2 is 2.00 bits per heavy atom. The Morgan fingerprint density at radius 3 is 2.58 bits per heavy atom. The molecule has 106 valence electrons. The first-order valence-corrected chi connectivity index (χ1v) is 6.91. The average molecular weight is 268 g/mol. The van der Waals surface area contributed by atoms with Crippen LogP contribution in [0.4, 0.5) is 8.78 Å². The molecule has 1 aliphatic heterocycles. The molecular weight excluding hydrogens is 246 g/mol. The minimum Gasteiger partial charge on any atom is -0.314 e. The topological polar surface area (TPSA) is 15.3 Å². The summed E-state index contributed by atoms with van der Waals surface area (Å²) in [5.41, 5.74) is 1.24. The maximum atomic E-state index is 13.5. The lowest BCUT2D eigenvalue weighted by Crippen LogP contribution is -2.50. The molecule has 1 saturated heterocycles. The van der Waals surface area contributed by atoms with E-state index in [0.29, 0.717) is 6.04 Å². The third kappa shape index (κ3) is 3.51. The number of halogens is 2. The molecule has 1 N–H and O–H groups in total. The van der Waals surface area contributed by atoms with Crippen molar-refractivity contribution in [2.45, 2.75) is 31.7 Å². The third-order valence-electron chi connectivity index (χ3n) is 3.94. The van der Waals surface area contributed by atoms with E-state index in [2.05, 4.69) is 17.3 Å². The van der Waals surface area contributed by atoms with Crippen LogP contribution in [0.15, 0.2) is 24.3 Å². The van der Waals surface area contributed by atoms with Crippen LogP contribution in [-0.2, 0) is 12.3 Å². The van der Waals surface area contributed by atoms with Gasteiger partial charge in [0.15, 0.2) is 0 Å². The summed E-state index contributed by atoms with van der Waals surface area (Å²) in [5, 5.41) is 3.37. The van der Waals surface area contributed by atoms with Crippen LogP contribution >= 0.6 is 0 Å². The van der Waals surface area contributed by atoms with Gasteiger partial charge in [0.25, 0.3) is 5.92 Å². The number of hydrogen-bond donors (Lipinski definition) is 1. The van der Waals surface area contributed by atoms with Crippen molar-refractivity contribution in [3.05, 3.63) is 35.4 Å². The van der Waals surface area contributed by atoms with Gasteiger partial charge in [-0.05, 0) is 19.0 Å². The molecule has 0 spiro atoms. The Balaban J connectivity index is 2.02. The number of rotatable bonds is 4. The predicted molar refractivity (Wildman–Crippen MR) is 73.6 cm³/mol. The van der Waals surface area contributed by atoms with Crippen LogP contribution < -0.4 is 5.32 Å². The molecule has 0 aliphatic carbocycles. The Kier molecular flexibility index (Phi) is 4.53. The molecule has 0 radical (unpaired) electrons. The van der Waals surface area contributed by atoms with Crippen molar-refractivity contribution < 1.29 is 8.78 Å². The summed E-state index contributed by atoms with van der Waals surface area (Å²) in [6.07, 6.45) is 0.753. The maximum Gasteiger partial charge on any atom is 0.273 e. The van der Waals surface area contributed by atoms with Crippen molar-refractivity contribution in [1.82, 2.24) is 10.2 Å². The first-order chi connectivity index (χ1) is 9.03. The zero-order valence-electron chi connectivity index (χ0n) is 11.6. The van der Waals surface area contributed by atoms with Crippen molar-refractivity contribution in [1.29, 1.82) is 0 Å². The van der Waals surface area contributed by atoms with E-state index in [1.54, 1.807) is 12.1 Å². The van der Waals surface area contributed by atoms with E-state index < -0.39 is 5.92 Å². The maximum absolute atomic E-state index is 13.5. The van der Waals surface area contributed by atoms with Gasteiger partial charge >= 0.3 is 0 Å². The van der Waals surface area contributed by atoms with Gasteiger partial charge in [0, 0.05) is 37.7 Å². The molecule has 1 aliphatic rings. The lowest BCUT2D eigenvalue weighted by atomic mass is 9.99. The molecule has 0 aromatic heterocycles. The van der Waals surface area contributed by atoms with Crippen LogP contribution in [0.1, 0.15) is 24.5 Å². The molecule has 1 aromatic rings. The Labute approximate surface area is 113 Å². The highest BCUT2D eigenvalue weighted by atomic mass is 19.3. The first kappa shape index (κ1) is 14.4. The van der Waals surface area contributed by atoms with Crippen molar-refractivity contribution in [2.24, 2.45) is 0 Å². The summed E-state index contributed by atoms with van der Waals surface area (Å²) in [5.74, 6) is -2.71. The molecule has 1 atom stereocenters. The van der Waals surface area contributed by atoms with Gasteiger partial charge in [0.05, 0.1) is 0 Å². The number of hydrogen-bond acceptors (Lipinski definition) is 2. The van der Waals surface area contributed by atoms with Crippen molar-refractivity contribution in [2.75, 3.05) is 26.7 Å². The smallest absolute Gasteiger partial charge is 0.273 e. The first-order valence-electron chi connectivity index (χ1n) is 6.91. The molecule has 1 heterocycles. The largest absolute Gasteiger partial charge is 0.314 e. The quantitative estimate of drug-likeness (QED) is 0.903. The van der Waals surface area contributed by atoms with Crippen LogP contribution in [-0.4, -0.2) is 37.6 Å². The fourth-order valence-electron chi connectivity index (χ4n) is 2.45. The van der Waals surface area contributed by atoms with Crippen molar-refractivity contribution in [3.8, 4) is 0 Å². The van der Waals surface area contributed by atoms with E-state index in [9.17, 15) is 8.78 Å². The van der Waals surface area contributed by atoms with Gasteiger partial charge in [-0.1, -0.05) is 31.2 Å². The zero-order chi connectivity index (χ0) is 13.9. The molecule has 2 rings (SSSR count). The van der Waals surface area contributed by atoms with Crippen LogP contribution in [0, 0.1) is 0 Å². The molecule has 1 aromatic carbocycles. The fourth-order valence-corrected chi connectivity index (χ4v) is 2.45. The molecule has 4 heteroatoms. The summed E-state index contributed by atoms with van der Waals surface area (Å²) < 4.78 is 27.0. The summed E-state index contributed by atoms with van der Waals surface area (Å²) in [6, 6.07) is 7.25. The van der Waals surface area contributed by atoms with Crippen molar-refractivity contribution >= 4 is 0 Å². The van der Waals surface area contributed by atoms with E-state index in [0.717, 1.165) is 31.6 Å². The molecule has 1 unspecified atom stereocenters. The Morgan fingerprint density at radius 1 is 1.32 bits per heavy atom. The molecule has 0 bridgehead atoms. The monoisotopic (exact) mass is 268 g/mol. The minimum absolute atomic E-state index is 0.119. The molecule has 19 heavy (non-hydrogen) atoms. The van der Waals surface area contributed by atoms with Crippen LogP contribution in [0.2, 0.25) is 0 Å². The van der Waals surface area contributed by atoms with Gasteiger partial charge in [-0.15, -0.1) is 0 Å². The fraction of sp³-hybridized carbons (Fsp3) is 0.600. The van der Waals surface area contributed by atoms with E-state index in [-0.39, 0.29) is 12.0 Å². The highest BCUT2D eigenvalue weighted by molar-refractivity contribution is 5.26. The summed E-state index contributed by atoms with van der Waals surface area (Å²) >= 11 is 0. The Bertz CT molecular complexity index is 403. The van der Waals surface area contributed by atoms with Gasteiger partial charge in [-0.25, -0.2) is 8.78 Å². The highest BCUT2D eigenvalue weighted by Crippen LogP contribution is 2.31. The summed E-state index contributed by atoms with van der Waals surface area (Å²) in [6.45, 7) is 4.53. The summed E-state index contributed by atoms with van der Waals surface area (Å²) in [4.78, 5) is 2.32. The number of benzene rings is 1. The van der Waals surface area contributed by atoms with E-state index in [1.165, 1.54) is 6.92 Å². The molecule has 0 amide bonds. The molecule has 0 saturated carbocycles. The molecule has 1 fully saturated rings. The second kappa shape index (κ2) is 5.97. The van der Waals surface area contributed by atoms with Crippen molar-refractivity contribution in [3.63, 3.8) is 0 Å².